The van der Waals surface area contributed by atoms with E-state index in [0.717, 1.165) is 32.2 Å². The molecule has 1 saturated carbocycles. The van der Waals surface area contributed by atoms with E-state index in [9.17, 15) is 14.9 Å². The lowest BCUT2D eigenvalue weighted by Crippen LogP contribution is -2.42. The van der Waals surface area contributed by atoms with Crippen LogP contribution in [-0.4, -0.2) is 40.9 Å². The molecule has 0 aromatic carbocycles. The molecule has 1 saturated heterocycles. The van der Waals surface area contributed by atoms with Gasteiger partial charge in [0.05, 0.1) is 6.07 Å². The highest BCUT2D eigenvalue weighted by Gasteiger charge is 2.36. The molecule has 7 nitrogen and oxygen atoms in total. The van der Waals surface area contributed by atoms with Gasteiger partial charge in [0.2, 0.25) is 0 Å². The summed E-state index contributed by atoms with van der Waals surface area (Å²) in [5.41, 5.74) is 0. The van der Waals surface area contributed by atoms with Gasteiger partial charge in [0.1, 0.15) is 4.92 Å². The van der Waals surface area contributed by atoms with Crippen molar-refractivity contribution in [3.63, 3.8) is 0 Å². The topological polar surface area (TPSA) is 88.6 Å². The van der Waals surface area contributed by atoms with Crippen LogP contribution < -0.4 is 5.32 Å². The number of furan rings is 1. The van der Waals surface area contributed by atoms with Gasteiger partial charge in [-0.1, -0.05) is 0 Å². The van der Waals surface area contributed by atoms with Crippen molar-refractivity contribution in [2.24, 2.45) is 0 Å². The minimum absolute atomic E-state index is 0.0570. The van der Waals surface area contributed by atoms with Crippen LogP contribution in [0.1, 0.15) is 36.2 Å². The molecule has 1 atom stereocenters. The maximum absolute atomic E-state index is 12.4. The largest absolute Gasteiger partial charge is 0.433 e. The van der Waals surface area contributed by atoms with Crippen molar-refractivity contribution >= 4 is 11.8 Å². The monoisotopic (exact) mass is 279 g/mol. The number of carbonyl (C=O) groups excluding carboxylic acids is 1. The number of hydrogen-bond donors (Lipinski definition) is 1. The van der Waals surface area contributed by atoms with Crippen molar-refractivity contribution in [3.05, 3.63) is 28.0 Å². The second-order valence-electron chi connectivity index (χ2n) is 5.38. The molecule has 1 aliphatic heterocycles. The Kier molecular flexibility index (Phi) is 3.43. The average molecular weight is 279 g/mol. The molecule has 1 N–H and O–H groups in total. The summed E-state index contributed by atoms with van der Waals surface area (Å²) in [5.74, 6) is -0.570. The first-order chi connectivity index (χ1) is 9.65. The Morgan fingerprint density at radius 1 is 1.45 bits per heavy atom. The summed E-state index contributed by atoms with van der Waals surface area (Å²) in [7, 11) is 0. The third kappa shape index (κ3) is 2.67. The summed E-state index contributed by atoms with van der Waals surface area (Å²) >= 11 is 0. The number of rotatable bonds is 5. The Bertz CT molecular complexity index is 517. The zero-order valence-electron chi connectivity index (χ0n) is 11.1. The number of carbonyl (C=O) groups is 1. The first-order valence-electron chi connectivity index (χ1n) is 6.94. The van der Waals surface area contributed by atoms with Crippen molar-refractivity contribution < 1.29 is 14.1 Å². The zero-order valence-corrected chi connectivity index (χ0v) is 11.1. The van der Waals surface area contributed by atoms with E-state index in [2.05, 4.69) is 5.32 Å². The fraction of sp³-hybridized carbons (Fsp3) is 0.615. The van der Waals surface area contributed by atoms with Crippen LogP contribution in [0.5, 0.6) is 0 Å². The highest BCUT2D eigenvalue weighted by Crippen LogP contribution is 2.30. The van der Waals surface area contributed by atoms with E-state index in [0.29, 0.717) is 12.6 Å². The molecule has 0 bridgehead atoms. The van der Waals surface area contributed by atoms with Gasteiger partial charge >= 0.3 is 5.88 Å². The lowest BCUT2D eigenvalue weighted by Gasteiger charge is -2.24. The first-order valence-corrected chi connectivity index (χ1v) is 6.94. The normalized spacial score (nSPS) is 21.9. The standard InChI is InChI=1S/C13H17N3O4/c17-13(11-5-6-12(20-11)16(18)19)15(10-3-4-10)8-9-2-1-7-14-9/h5-6,9-10,14H,1-4,7-8H2. The van der Waals surface area contributed by atoms with Gasteiger partial charge in [0, 0.05) is 18.6 Å². The van der Waals surface area contributed by atoms with E-state index in [1.165, 1.54) is 12.1 Å². The second-order valence-corrected chi connectivity index (χ2v) is 5.38. The van der Waals surface area contributed by atoms with Gasteiger partial charge in [-0.3, -0.25) is 14.9 Å². The van der Waals surface area contributed by atoms with E-state index in [1.807, 2.05) is 0 Å². The van der Waals surface area contributed by atoms with E-state index in [1.54, 1.807) is 4.90 Å². The Labute approximate surface area is 116 Å². The Morgan fingerprint density at radius 2 is 2.25 bits per heavy atom. The Morgan fingerprint density at radius 3 is 2.80 bits per heavy atom. The minimum Gasteiger partial charge on any atom is -0.395 e. The molecule has 1 unspecified atom stereocenters. The minimum atomic E-state index is -0.628. The maximum Gasteiger partial charge on any atom is 0.433 e. The SMILES string of the molecule is O=C(c1ccc([N+](=O)[O-])o1)N(CC1CCCN1)C1CC1. The van der Waals surface area contributed by atoms with Crippen LogP contribution in [0, 0.1) is 10.1 Å². The molecule has 2 aliphatic rings. The molecule has 2 heterocycles. The summed E-state index contributed by atoms with van der Waals surface area (Å²) < 4.78 is 5.02. The fourth-order valence-corrected chi connectivity index (χ4v) is 2.62. The number of nitro groups is 1. The van der Waals surface area contributed by atoms with Crippen LogP contribution in [0.25, 0.3) is 0 Å². The van der Waals surface area contributed by atoms with Crippen molar-refractivity contribution in [3.8, 4) is 0 Å². The molecule has 1 aliphatic carbocycles. The Hall–Kier alpha value is -1.89. The fourth-order valence-electron chi connectivity index (χ4n) is 2.62. The van der Waals surface area contributed by atoms with Crippen LogP contribution >= 0.6 is 0 Å². The van der Waals surface area contributed by atoms with Crippen LogP contribution in [0.15, 0.2) is 16.5 Å². The van der Waals surface area contributed by atoms with Gasteiger partial charge in [-0.2, -0.15) is 0 Å². The summed E-state index contributed by atoms with van der Waals surface area (Å²) in [6, 6.07) is 3.20. The highest BCUT2D eigenvalue weighted by atomic mass is 16.6. The van der Waals surface area contributed by atoms with Crippen LogP contribution in [0.3, 0.4) is 0 Å². The third-order valence-electron chi connectivity index (χ3n) is 3.81. The molecular weight excluding hydrogens is 262 g/mol. The molecule has 2 fully saturated rings. The smallest absolute Gasteiger partial charge is 0.395 e. The lowest BCUT2D eigenvalue weighted by molar-refractivity contribution is -0.402. The molecule has 1 amide bonds. The van der Waals surface area contributed by atoms with E-state index >= 15 is 0 Å². The maximum atomic E-state index is 12.4. The van der Waals surface area contributed by atoms with Crippen molar-refractivity contribution in [2.75, 3.05) is 13.1 Å². The van der Waals surface area contributed by atoms with Crippen LogP contribution in [-0.2, 0) is 0 Å². The number of amides is 1. The molecule has 1 aromatic rings. The number of nitrogens with one attached hydrogen (secondary N) is 1. The molecule has 20 heavy (non-hydrogen) atoms. The average Bonchev–Trinajstić information content (AvgIpc) is 2.95. The van der Waals surface area contributed by atoms with E-state index < -0.39 is 4.92 Å². The summed E-state index contributed by atoms with van der Waals surface area (Å²) in [4.78, 5) is 24.2. The molecule has 0 spiro atoms. The summed E-state index contributed by atoms with van der Waals surface area (Å²) in [6.07, 6.45) is 4.20. The van der Waals surface area contributed by atoms with Gasteiger partial charge in [-0.05, 0) is 38.3 Å². The summed E-state index contributed by atoms with van der Waals surface area (Å²) in [5, 5.41) is 14.0. The molecule has 3 rings (SSSR count). The first kappa shape index (κ1) is 13.1. The number of nitrogens with zero attached hydrogens (tertiary/aromatic N) is 2. The van der Waals surface area contributed by atoms with Crippen molar-refractivity contribution in [1.82, 2.24) is 10.2 Å². The van der Waals surface area contributed by atoms with Crippen molar-refractivity contribution in [1.29, 1.82) is 0 Å². The summed E-state index contributed by atoms with van der Waals surface area (Å²) in [6.45, 7) is 1.64. The molecule has 108 valence electrons. The van der Waals surface area contributed by atoms with Gasteiger partial charge in [0.25, 0.3) is 5.91 Å². The molecule has 0 radical (unpaired) electrons. The predicted octanol–water partition coefficient (Wildman–Crippen LogP) is 1.54. The Balaban J connectivity index is 1.72. The van der Waals surface area contributed by atoms with E-state index in [-0.39, 0.29) is 23.6 Å². The molecular formula is C13H17N3O4. The third-order valence-corrected chi connectivity index (χ3v) is 3.81. The van der Waals surface area contributed by atoms with Crippen molar-refractivity contribution in [2.45, 2.75) is 37.8 Å². The van der Waals surface area contributed by atoms with Gasteiger partial charge in [0.15, 0.2) is 5.76 Å². The quantitative estimate of drug-likeness (QED) is 0.652. The zero-order chi connectivity index (χ0) is 14.1. The van der Waals surface area contributed by atoms with Gasteiger partial charge in [-0.15, -0.1) is 0 Å². The highest BCUT2D eigenvalue weighted by molar-refractivity contribution is 5.92. The predicted molar refractivity (Wildman–Crippen MR) is 70.4 cm³/mol. The molecule has 7 heteroatoms. The second kappa shape index (κ2) is 5.24. The van der Waals surface area contributed by atoms with Gasteiger partial charge in [-0.25, -0.2) is 0 Å². The van der Waals surface area contributed by atoms with Crippen LogP contribution in [0.2, 0.25) is 0 Å². The van der Waals surface area contributed by atoms with Gasteiger partial charge < -0.3 is 14.6 Å². The molecule has 1 aromatic heterocycles. The number of hydrogen-bond acceptors (Lipinski definition) is 5. The lowest BCUT2D eigenvalue weighted by atomic mass is 10.2. The van der Waals surface area contributed by atoms with E-state index in [4.69, 9.17) is 4.42 Å². The van der Waals surface area contributed by atoms with Crippen LogP contribution in [0.4, 0.5) is 5.88 Å².